The van der Waals surface area contributed by atoms with E-state index in [1.54, 1.807) is 18.4 Å². The molecule has 2 aromatic carbocycles. The number of azo groups is 1. The van der Waals surface area contributed by atoms with E-state index in [1.165, 1.54) is 30.3 Å². The smallest absolute Gasteiger partial charge is 0.291 e. The molecule has 0 atom stereocenters. The highest BCUT2D eigenvalue weighted by Gasteiger charge is 2.30. The summed E-state index contributed by atoms with van der Waals surface area (Å²) in [6.45, 7) is 1.56. The van der Waals surface area contributed by atoms with E-state index in [9.17, 15) is 28.1 Å². The molecular weight excluding hydrogens is 461 g/mol. The average Bonchev–Trinajstić information content (AvgIpc) is 3.37. The molecule has 0 aliphatic rings. The van der Waals surface area contributed by atoms with E-state index < -0.39 is 22.2 Å². The van der Waals surface area contributed by atoms with Crippen molar-refractivity contribution in [1.82, 2.24) is 14.8 Å². The Labute approximate surface area is 187 Å². The number of nitrogens with one attached hydrogen (secondary N) is 1. The third-order valence-corrected chi connectivity index (χ3v) is 5.34. The van der Waals surface area contributed by atoms with Crippen molar-refractivity contribution in [2.24, 2.45) is 10.2 Å². The number of nitro groups is 1. The highest BCUT2D eigenvalue weighted by atomic mass is 32.1. The summed E-state index contributed by atoms with van der Waals surface area (Å²) in [5.74, 6) is 0. The molecule has 0 spiro atoms. The highest BCUT2D eigenvalue weighted by Crippen LogP contribution is 2.32. The standard InChI is InChI=1S/C20H13F3N6O3S/c1-11-17(26-25-14-6-3-5-13(9-14)20(21,22)23)18(30)28(27-11)19-24-16(10-33-19)12-4-2-7-15(8-12)29(31)32/h2-10,27H,1H3. The summed E-state index contributed by atoms with van der Waals surface area (Å²) in [7, 11) is 0. The minimum absolute atomic E-state index is 0.0569. The van der Waals surface area contributed by atoms with Gasteiger partial charge in [0.2, 0.25) is 5.13 Å². The van der Waals surface area contributed by atoms with Crippen molar-refractivity contribution >= 4 is 28.4 Å². The summed E-state index contributed by atoms with van der Waals surface area (Å²) in [6, 6.07) is 10.2. The monoisotopic (exact) mass is 474 g/mol. The van der Waals surface area contributed by atoms with Gasteiger partial charge in [-0.3, -0.25) is 20.0 Å². The number of benzene rings is 2. The second-order valence-corrected chi connectivity index (χ2v) is 7.63. The molecule has 2 aromatic heterocycles. The van der Waals surface area contributed by atoms with Gasteiger partial charge in [0, 0.05) is 23.1 Å². The molecule has 0 amide bonds. The van der Waals surface area contributed by atoms with Crippen molar-refractivity contribution in [3.05, 3.63) is 85.6 Å². The lowest BCUT2D eigenvalue weighted by Gasteiger charge is -2.05. The average molecular weight is 474 g/mol. The molecule has 0 radical (unpaired) electrons. The highest BCUT2D eigenvalue weighted by molar-refractivity contribution is 7.12. The van der Waals surface area contributed by atoms with Crippen LogP contribution in [0.2, 0.25) is 0 Å². The number of non-ortho nitro benzene ring substituents is 1. The van der Waals surface area contributed by atoms with Crippen LogP contribution in [-0.4, -0.2) is 19.7 Å². The molecule has 0 unspecified atom stereocenters. The van der Waals surface area contributed by atoms with E-state index >= 15 is 0 Å². The number of aryl methyl sites for hydroxylation is 1. The van der Waals surface area contributed by atoms with Crippen molar-refractivity contribution in [1.29, 1.82) is 0 Å². The maximum absolute atomic E-state index is 12.9. The summed E-state index contributed by atoms with van der Waals surface area (Å²) < 4.78 is 39.7. The first-order chi connectivity index (χ1) is 15.6. The fraction of sp³-hybridized carbons (Fsp3) is 0.100. The largest absolute Gasteiger partial charge is 0.416 e. The lowest BCUT2D eigenvalue weighted by Crippen LogP contribution is -2.13. The summed E-state index contributed by atoms with van der Waals surface area (Å²) in [5, 5.41) is 23.3. The summed E-state index contributed by atoms with van der Waals surface area (Å²) in [4.78, 5) is 27.6. The van der Waals surface area contributed by atoms with E-state index in [4.69, 9.17) is 0 Å². The zero-order valence-corrected chi connectivity index (χ0v) is 17.5. The third-order valence-electron chi connectivity index (χ3n) is 4.52. The Bertz CT molecular complexity index is 1440. The number of hydrogen-bond donors (Lipinski definition) is 1. The molecule has 0 bridgehead atoms. The van der Waals surface area contributed by atoms with Gasteiger partial charge in [0.1, 0.15) is 0 Å². The quantitative estimate of drug-likeness (QED) is 0.219. The fourth-order valence-corrected chi connectivity index (χ4v) is 3.71. The number of nitro benzene ring substituents is 1. The first-order valence-corrected chi connectivity index (χ1v) is 10.1. The fourth-order valence-electron chi connectivity index (χ4n) is 2.92. The van der Waals surface area contributed by atoms with E-state index in [0.717, 1.165) is 28.2 Å². The molecule has 4 rings (SSSR count). The predicted molar refractivity (Wildman–Crippen MR) is 115 cm³/mol. The Morgan fingerprint density at radius 3 is 2.64 bits per heavy atom. The Kier molecular flexibility index (Phi) is 5.64. The molecule has 1 N–H and O–H groups in total. The van der Waals surface area contributed by atoms with Gasteiger partial charge in [0.25, 0.3) is 5.69 Å². The van der Waals surface area contributed by atoms with Crippen LogP contribution in [0.25, 0.3) is 16.4 Å². The number of H-pyrrole nitrogens is 1. The molecule has 9 nitrogen and oxygen atoms in total. The van der Waals surface area contributed by atoms with Gasteiger partial charge in [-0.05, 0) is 25.1 Å². The van der Waals surface area contributed by atoms with Gasteiger partial charge in [-0.25, -0.2) is 4.98 Å². The van der Waals surface area contributed by atoms with E-state index in [1.807, 2.05) is 0 Å². The first-order valence-electron chi connectivity index (χ1n) is 9.25. The van der Waals surface area contributed by atoms with Crippen LogP contribution in [0.1, 0.15) is 11.3 Å². The van der Waals surface area contributed by atoms with Gasteiger partial charge in [0.15, 0.2) is 5.69 Å². The van der Waals surface area contributed by atoms with Crippen LogP contribution in [-0.2, 0) is 6.18 Å². The second-order valence-electron chi connectivity index (χ2n) is 6.80. The van der Waals surface area contributed by atoms with Crippen LogP contribution < -0.4 is 5.56 Å². The number of rotatable bonds is 5. The van der Waals surface area contributed by atoms with Crippen LogP contribution in [0.4, 0.5) is 30.2 Å². The van der Waals surface area contributed by atoms with Gasteiger partial charge in [-0.1, -0.05) is 18.2 Å². The summed E-state index contributed by atoms with van der Waals surface area (Å²) in [6.07, 6.45) is -4.52. The molecule has 4 aromatic rings. The van der Waals surface area contributed by atoms with Crippen molar-refractivity contribution in [3.8, 4) is 16.4 Å². The van der Waals surface area contributed by atoms with Crippen molar-refractivity contribution in [3.63, 3.8) is 0 Å². The molecule has 13 heteroatoms. The molecule has 0 aliphatic carbocycles. The topological polar surface area (TPSA) is 119 Å². The number of alkyl halides is 3. The number of aromatic amines is 1. The van der Waals surface area contributed by atoms with Crippen LogP contribution >= 0.6 is 11.3 Å². The van der Waals surface area contributed by atoms with Crippen molar-refractivity contribution < 1.29 is 18.1 Å². The Morgan fingerprint density at radius 2 is 1.91 bits per heavy atom. The molecule has 0 saturated carbocycles. The number of hydrogen-bond acceptors (Lipinski definition) is 7. The molecule has 2 heterocycles. The maximum Gasteiger partial charge on any atom is 0.416 e. The van der Waals surface area contributed by atoms with Crippen molar-refractivity contribution in [2.45, 2.75) is 13.1 Å². The van der Waals surface area contributed by atoms with E-state index in [0.29, 0.717) is 17.0 Å². The Balaban J connectivity index is 1.64. The Hall–Kier alpha value is -4.13. The second kappa shape index (κ2) is 8.43. The van der Waals surface area contributed by atoms with Gasteiger partial charge in [-0.15, -0.1) is 16.5 Å². The van der Waals surface area contributed by atoms with Gasteiger partial charge in [-0.2, -0.15) is 23.0 Å². The molecule has 0 fully saturated rings. The molecular formula is C20H13F3N6O3S. The van der Waals surface area contributed by atoms with E-state index in [2.05, 4.69) is 20.3 Å². The maximum atomic E-state index is 12.9. The van der Waals surface area contributed by atoms with Gasteiger partial charge >= 0.3 is 11.7 Å². The minimum atomic E-state index is -4.52. The SMILES string of the molecule is Cc1[nH]n(-c2nc(-c3cccc([N+](=O)[O-])c3)cs2)c(=O)c1N=Nc1cccc(C(F)(F)F)c1. The van der Waals surface area contributed by atoms with E-state index in [-0.39, 0.29) is 22.2 Å². The number of thiazole rings is 1. The first kappa shape index (κ1) is 22.1. The number of nitrogens with zero attached hydrogens (tertiary/aromatic N) is 5. The third kappa shape index (κ3) is 4.57. The van der Waals surface area contributed by atoms with Crippen LogP contribution in [0.5, 0.6) is 0 Å². The van der Waals surface area contributed by atoms with Gasteiger partial charge < -0.3 is 0 Å². The summed E-state index contributed by atoms with van der Waals surface area (Å²) in [5.41, 5.74) is -0.424. The minimum Gasteiger partial charge on any atom is -0.291 e. The molecule has 33 heavy (non-hydrogen) atoms. The Morgan fingerprint density at radius 1 is 1.15 bits per heavy atom. The number of halogens is 3. The van der Waals surface area contributed by atoms with Crippen LogP contribution in [0.3, 0.4) is 0 Å². The van der Waals surface area contributed by atoms with Crippen LogP contribution in [0, 0.1) is 17.0 Å². The normalized spacial score (nSPS) is 11.9. The summed E-state index contributed by atoms with van der Waals surface area (Å²) >= 11 is 1.12. The van der Waals surface area contributed by atoms with Crippen LogP contribution in [0.15, 0.2) is 68.9 Å². The van der Waals surface area contributed by atoms with Gasteiger partial charge in [0.05, 0.1) is 27.6 Å². The molecule has 0 aliphatic heterocycles. The van der Waals surface area contributed by atoms with Crippen molar-refractivity contribution in [2.75, 3.05) is 0 Å². The lowest BCUT2D eigenvalue weighted by molar-refractivity contribution is -0.384. The molecule has 168 valence electrons. The zero-order valence-electron chi connectivity index (χ0n) is 16.7. The lowest BCUT2D eigenvalue weighted by atomic mass is 10.1. The predicted octanol–water partition coefficient (Wildman–Crippen LogP) is 5.94. The number of aromatic nitrogens is 3. The zero-order chi connectivity index (χ0) is 23.8. The molecule has 0 saturated heterocycles.